The summed E-state index contributed by atoms with van der Waals surface area (Å²) in [5.74, 6) is 0.623. The van der Waals surface area contributed by atoms with Gasteiger partial charge in [-0.05, 0) is 12.8 Å². The topological polar surface area (TPSA) is 79.8 Å². The lowest BCUT2D eigenvalue weighted by Crippen LogP contribution is -2.15. The van der Waals surface area contributed by atoms with Crippen LogP contribution in [0.5, 0.6) is 0 Å². The molecule has 1 amide bonds. The van der Waals surface area contributed by atoms with Crippen LogP contribution >= 0.6 is 11.3 Å². The molecular formula is C13H17N5OS. The van der Waals surface area contributed by atoms with Crippen molar-refractivity contribution in [2.24, 2.45) is 0 Å². The lowest BCUT2D eigenvalue weighted by atomic mass is 10.2. The van der Waals surface area contributed by atoms with Crippen molar-refractivity contribution >= 4 is 28.2 Å². The highest BCUT2D eigenvalue weighted by Gasteiger charge is 2.12. The van der Waals surface area contributed by atoms with Gasteiger partial charge < -0.3 is 5.32 Å². The number of thiazole rings is 1. The van der Waals surface area contributed by atoms with Crippen LogP contribution in [0.2, 0.25) is 0 Å². The molecule has 0 radical (unpaired) electrons. The third-order valence-electron chi connectivity index (χ3n) is 2.56. The number of hydrogen-bond donors (Lipinski definition) is 2. The van der Waals surface area contributed by atoms with E-state index in [1.54, 1.807) is 6.20 Å². The standard InChI is InChI=1S/C13H17N5OS/c1-4-15-11-6-14-5-9(16-11)12(19)18-13-17-10(7-20-13)8(2)3/h5-8H,4H2,1-3H3,(H,15,16)(H,17,18,19). The second kappa shape index (κ2) is 6.42. The van der Waals surface area contributed by atoms with E-state index in [9.17, 15) is 4.79 Å². The van der Waals surface area contributed by atoms with Crippen LogP contribution in [0.25, 0.3) is 0 Å². The van der Waals surface area contributed by atoms with Crippen LogP contribution in [0, 0.1) is 0 Å². The first-order valence-corrected chi connectivity index (χ1v) is 7.30. The second-order valence-electron chi connectivity index (χ2n) is 4.51. The number of aromatic nitrogens is 3. The SMILES string of the molecule is CCNc1cncc(C(=O)Nc2nc(C(C)C)cs2)n1. The Morgan fingerprint density at radius 3 is 2.80 bits per heavy atom. The summed E-state index contributed by atoms with van der Waals surface area (Å²) >= 11 is 1.41. The molecule has 2 aromatic heterocycles. The normalized spacial score (nSPS) is 10.6. The van der Waals surface area contributed by atoms with Crippen molar-refractivity contribution < 1.29 is 4.79 Å². The molecule has 0 unspecified atom stereocenters. The molecule has 106 valence electrons. The quantitative estimate of drug-likeness (QED) is 0.885. The first kappa shape index (κ1) is 14.4. The Kier molecular flexibility index (Phi) is 4.62. The van der Waals surface area contributed by atoms with Crippen molar-refractivity contribution in [3.05, 3.63) is 29.2 Å². The average molecular weight is 291 g/mol. The van der Waals surface area contributed by atoms with E-state index < -0.39 is 0 Å². The van der Waals surface area contributed by atoms with Crippen molar-refractivity contribution in [3.63, 3.8) is 0 Å². The molecule has 0 bridgehead atoms. The molecule has 0 aliphatic rings. The molecular weight excluding hydrogens is 274 g/mol. The molecule has 6 nitrogen and oxygen atoms in total. The molecule has 2 N–H and O–H groups in total. The molecule has 0 aliphatic carbocycles. The third-order valence-corrected chi connectivity index (χ3v) is 3.33. The van der Waals surface area contributed by atoms with Crippen LogP contribution < -0.4 is 10.6 Å². The molecule has 0 spiro atoms. The van der Waals surface area contributed by atoms with Crippen molar-refractivity contribution in [3.8, 4) is 0 Å². The van der Waals surface area contributed by atoms with Gasteiger partial charge >= 0.3 is 0 Å². The lowest BCUT2D eigenvalue weighted by Gasteiger charge is -2.04. The van der Waals surface area contributed by atoms with E-state index in [2.05, 4.69) is 39.4 Å². The molecule has 0 saturated heterocycles. The van der Waals surface area contributed by atoms with E-state index >= 15 is 0 Å². The minimum atomic E-state index is -0.304. The summed E-state index contributed by atoms with van der Waals surface area (Å²) in [6, 6.07) is 0. The molecule has 2 rings (SSSR count). The third kappa shape index (κ3) is 3.51. The van der Waals surface area contributed by atoms with Gasteiger partial charge in [-0.2, -0.15) is 0 Å². The fourth-order valence-corrected chi connectivity index (χ4v) is 2.38. The first-order chi connectivity index (χ1) is 9.60. The molecule has 20 heavy (non-hydrogen) atoms. The number of amides is 1. The zero-order valence-corrected chi connectivity index (χ0v) is 12.5. The molecule has 2 heterocycles. The van der Waals surface area contributed by atoms with Gasteiger partial charge in [0.1, 0.15) is 11.5 Å². The summed E-state index contributed by atoms with van der Waals surface area (Å²) in [6.07, 6.45) is 3.02. The van der Waals surface area contributed by atoms with Crippen molar-refractivity contribution in [1.29, 1.82) is 0 Å². The number of rotatable bonds is 5. The van der Waals surface area contributed by atoms with E-state index in [1.807, 2.05) is 12.3 Å². The van der Waals surface area contributed by atoms with Crippen molar-refractivity contribution in [2.45, 2.75) is 26.7 Å². The van der Waals surface area contributed by atoms with Gasteiger partial charge in [0.15, 0.2) is 5.13 Å². The number of nitrogens with zero attached hydrogens (tertiary/aromatic N) is 3. The van der Waals surface area contributed by atoms with E-state index in [4.69, 9.17) is 0 Å². The minimum absolute atomic E-state index is 0.268. The van der Waals surface area contributed by atoms with Gasteiger partial charge in [0.25, 0.3) is 5.91 Å². The Morgan fingerprint density at radius 2 is 2.15 bits per heavy atom. The number of anilines is 2. The molecule has 0 fully saturated rings. The smallest absolute Gasteiger partial charge is 0.277 e. The Labute approximate surface area is 121 Å². The molecule has 0 atom stereocenters. The maximum absolute atomic E-state index is 12.1. The number of nitrogens with one attached hydrogen (secondary N) is 2. The van der Waals surface area contributed by atoms with Crippen LogP contribution in [0.15, 0.2) is 17.8 Å². The predicted molar refractivity (Wildman–Crippen MR) is 80.4 cm³/mol. The molecule has 2 aromatic rings. The highest BCUT2D eigenvalue weighted by Crippen LogP contribution is 2.21. The Bertz CT molecular complexity index is 596. The van der Waals surface area contributed by atoms with Gasteiger partial charge in [0.05, 0.1) is 18.1 Å². The summed E-state index contributed by atoms with van der Waals surface area (Å²) in [5.41, 5.74) is 1.24. The fraction of sp³-hybridized carbons (Fsp3) is 0.385. The summed E-state index contributed by atoms with van der Waals surface area (Å²) in [6.45, 7) is 6.81. The minimum Gasteiger partial charge on any atom is -0.369 e. The van der Waals surface area contributed by atoms with E-state index in [1.165, 1.54) is 17.5 Å². The van der Waals surface area contributed by atoms with Gasteiger partial charge in [0, 0.05) is 11.9 Å². The molecule has 0 aliphatic heterocycles. The van der Waals surface area contributed by atoms with Crippen molar-refractivity contribution in [2.75, 3.05) is 17.2 Å². The maximum Gasteiger partial charge on any atom is 0.277 e. The average Bonchev–Trinajstić information content (AvgIpc) is 2.88. The van der Waals surface area contributed by atoms with E-state index in [0.717, 1.165) is 12.2 Å². The largest absolute Gasteiger partial charge is 0.369 e. The summed E-state index contributed by atoms with van der Waals surface area (Å²) in [5, 5.41) is 8.28. The zero-order valence-electron chi connectivity index (χ0n) is 11.7. The summed E-state index contributed by atoms with van der Waals surface area (Å²) in [4.78, 5) is 24.6. The fourth-order valence-electron chi connectivity index (χ4n) is 1.51. The Morgan fingerprint density at radius 1 is 1.35 bits per heavy atom. The van der Waals surface area contributed by atoms with Crippen LogP contribution in [-0.4, -0.2) is 27.4 Å². The van der Waals surface area contributed by atoms with Gasteiger partial charge in [-0.1, -0.05) is 13.8 Å². The Balaban J connectivity index is 2.09. The van der Waals surface area contributed by atoms with Crippen LogP contribution in [-0.2, 0) is 0 Å². The highest BCUT2D eigenvalue weighted by atomic mass is 32.1. The Hall–Kier alpha value is -2.02. The molecule has 7 heteroatoms. The van der Waals surface area contributed by atoms with Crippen LogP contribution in [0.4, 0.5) is 10.9 Å². The number of carbonyl (C=O) groups is 1. The van der Waals surface area contributed by atoms with Gasteiger partial charge in [0.2, 0.25) is 0 Å². The maximum atomic E-state index is 12.1. The van der Waals surface area contributed by atoms with E-state index in [-0.39, 0.29) is 11.6 Å². The lowest BCUT2D eigenvalue weighted by molar-refractivity contribution is 0.102. The molecule has 0 aromatic carbocycles. The van der Waals surface area contributed by atoms with Crippen LogP contribution in [0.1, 0.15) is 42.9 Å². The van der Waals surface area contributed by atoms with Crippen LogP contribution in [0.3, 0.4) is 0 Å². The van der Waals surface area contributed by atoms with E-state index in [0.29, 0.717) is 16.9 Å². The zero-order chi connectivity index (χ0) is 14.5. The summed E-state index contributed by atoms with van der Waals surface area (Å²) < 4.78 is 0. The second-order valence-corrected chi connectivity index (χ2v) is 5.36. The number of hydrogen-bond acceptors (Lipinski definition) is 6. The number of carbonyl (C=O) groups excluding carboxylic acids is 1. The summed E-state index contributed by atoms with van der Waals surface area (Å²) in [7, 11) is 0. The van der Waals surface area contributed by atoms with Gasteiger partial charge in [-0.15, -0.1) is 11.3 Å². The molecule has 0 saturated carbocycles. The monoisotopic (exact) mass is 291 g/mol. The first-order valence-electron chi connectivity index (χ1n) is 6.42. The van der Waals surface area contributed by atoms with Crippen molar-refractivity contribution in [1.82, 2.24) is 15.0 Å². The van der Waals surface area contributed by atoms with Gasteiger partial charge in [-0.25, -0.2) is 9.97 Å². The highest BCUT2D eigenvalue weighted by molar-refractivity contribution is 7.14. The van der Waals surface area contributed by atoms with Gasteiger partial charge in [-0.3, -0.25) is 15.1 Å². The predicted octanol–water partition coefficient (Wildman–Crippen LogP) is 2.74.